The van der Waals surface area contributed by atoms with Crippen molar-refractivity contribution >= 4 is 10.1 Å². The molecule has 0 spiro atoms. The van der Waals surface area contributed by atoms with E-state index in [4.69, 9.17) is 13.0 Å². The number of hydrogen-bond acceptors (Lipinski definition) is 3. The second kappa shape index (κ2) is 8.39. The van der Waals surface area contributed by atoms with Gasteiger partial charge in [0.25, 0.3) is 0 Å². The molecule has 1 aromatic carbocycles. The van der Waals surface area contributed by atoms with E-state index in [0.717, 1.165) is 0 Å². The Morgan fingerprint density at radius 1 is 0.963 bits per heavy atom. The molecule has 1 aromatic heterocycles. The summed E-state index contributed by atoms with van der Waals surface area (Å²) in [5.74, 6) is 0. The average Bonchev–Trinajstić information content (AvgIpc) is 2.50. The zero-order valence-corrected chi connectivity index (χ0v) is 16.7. The maximum Gasteiger partial charge on any atom is 0.485 e. The van der Waals surface area contributed by atoms with Gasteiger partial charge in [0, 0.05) is 29.5 Å². The summed E-state index contributed by atoms with van der Waals surface area (Å²) in [4.78, 5) is 0. The van der Waals surface area contributed by atoms with Crippen molar-refractivity contribution in [1.82, 2.24) is 0 Å². The Kier molecular flexibility index (Phi) is 7.18. The number of nitrogens with zero attached hydrogens (tertiary/aromatic N) is 1. The molecule has 8 heteroatoms. The van der Waals surface area contributed by atoms with Crippen LogP contribution in [0.15, 0.2) is 48.7 Å². The molecule has 2 aromatic rings. The van der Waals surface area contributed by atoms with Crippen LogP contribution in [0.2, 0.25) is 0 Å². The summed E-state index contributed by atoms with van der Waals surface area (Å²) in [5, 5.41) is 0. The number of hydrogen-bond donors (Lipinski definition) is 0. The van der Waals surface area contributed by atoms with E-state index >= 15 is 0 Å². The largest absolute Gasteiger partial charge is 0.741 e. The van der Waals surface area contributed by atoms with Crippen LogP contribution in [0, 0.1) is 19.3 Å². The molecule has 1 unspecified atom stereocenters. The molecule has 0 radical (unpaired) electrons. The first kappa shape index (κ1) is 23.1. The maximum atomic E-state index is 10.7. The summed E-state index contributed by atoms with van der Waals surface area (Å²) in [5.41, 5.74) is -1.43. The normalized spacial score (nSPS) is 13.5. The molecule has 0 aliphatic rings. The van der Waals surface area contributed by atoms with Crippen LogP contribution < -0.4 is 4.57 Å². The predicted octanol–water partition coefficient (Wildman–Crippen LogP) is 4.28. The number of alkyl halides is 3. The van der Waals surface area contributed by atoms with Gasteiger partial charge in [-0.15, -0.1) is 0 Å². The average molecular weight is 403 g/mol. The van der Waals surface area contributed by atoms with Gasteiger partial charge in [0.15, 0.2) is 28.1 Å². The lowest BCUT2D eigenvalue weighted by Gasteiger charge is -2.27. The van der Waals surface area contributed by atoms with E-state index in [9.17, 15) is 13.2 Å². The highest BCUT2D eigenvalue weighted by atomic mass is 32.2. The van der Waals surface area contributed by atoms with E-state index in [-0.39, 0.29) is 5.41 Å². The fourth-order valence-electron chi connectivity index (χ4n) is 2.71. The van der Waals surface area contributed by atoms with Crippen LogP contribution >= 0.6 is 0 Å². The van der Waals surface area contributed by atoms with E-state index in [1.807, 2.05) is 0 Å². The molecule has 150 valence electrons. The topological polar surface area (TPSA) is 61.1 Å². The molecule has 0 amide bonds. The van der Waals surface area contributed by atoms with Gasteiger partial charge < -0.3 is 4.55 Å². The second-order valence-electron chi connectivity index (χ2n) is 7.26. The minimum Gasteiger partial charge on any atom is -0.741 e. The Morgan fingerprint density at radius 2 is 1.44 bits per heavy atom. The highest BCUT2D eigenvalue weighted by Gasteiger charge is 2.37. The standard InChI is InChI=1S/C18H24N.CHF3O3S/c1-14-10-9-13-19(15(14)2)17(18(3,4)5)16-11-7-6-8-12-16;2-1(3,4)8(5,6)7/h6-13,17H,1-5H3;(H,5,6,7)/q+1;/p-1. The van der Waals surface area contributed by atoms with E-state index in [2.05, 4.69) is 87.8 Å². The minimum atomic E-state index is -6.09. The fourth-order valence-corrected chi connectivity index (χ4v) is 2.71. The van der Waals surface area contributed by atoms with Crippen molar-refractivity contribution in [3.05, 3.63) is 65.5 Å². The van der Waals surface area contributed by atoms with Crippen molar-refractivity contribution in [1.29, 1.82) is 0 Å². The Morgan fingerprint density at radius 3 is 1.85 bits per heavy atom. The van der Waals surface area contributed by atoms with Crippen molar-refractivity contribution in [2.45, 2.75) is 46.2 Å². The van der Waals surface area contributed by atoms with Crippen LogP contribution in [0.5, 0.6) is 0 Å². The molecule has 1 atom stereocenters. The van der Waals surface area contributed by atoms with Gasteiger partial charge in [-0.05, 0) is 13.0 Å². The maximum absolute atomic E-state index is 10.7. The summed E-state index contributed by atoms with van der Waals surface area (Å²) in [6, 6.07) is 15.5. The van der Waals surface area contributed by atoms with Crippen LogP contribution in [0.1, 0.15) is 43.6 Å². The van der Waals surface area contributed by atoms with Gasteiger partial charge in [0.1, 0.15) is 0 Å². The van der Waals surface area contributed by atoms with Crippen molar-refractivity contribution in [3.8, 4) is 0 Å². The summed E-state index contributed by atoms with van der Waals surface area (Å²) >= 11 is 0. The summed E-state index contributed by atoms with van der Waals surface area (Å²) in [7, 11) is -6.09. The first-order valence-electron chi connectivity index (χ1n) is 8.20. The molecular formula is C19H24F3NO3S. The number of pyridine rings is 1. The molecule has 0 aliphatic carbocycles. The summed E-state index contributed by atoms with van der Waals surface area (Å²) in [6.07, 6.45) is 2.20. The Labute approximate surface area is 158 Å². The van der Waals surface area contributed by atoms with Crippen molar-refractivity contribution < 1.29 is 30.7 Å². The lowest BCUT2D eigenvalue weighted by Crippen LogP contribution is -2.49. The van der Waals surface area contributed by atoms with E-state index in [0.29, 0.717) is 6.04 Å². The van der Waals surface area contributed by atoms with Crippen LogP contribution in [0.4, 0.5) is 13.2 Å². The van der Waals surface area contributed by atoms with Crippen LogP contribution in [-0.4, -0.2) is 18.5 Å². The molecule has 0 fully saturated rings. The zero-order valence-electron chi connectivity index (χ0n) is 15.9. The van der Waals surface area contributed by atoms with Gasteiger partial charge in [-0.1, -0.05) is 51.1 Å². The fraction of sp³-hybridized carbons (Fsp3) is 0.421. The SMILES string of the molecule is Cc1ccc[n+](C(c2ccccc2)C(C)(C)C)c1C.O=S(=O)([O-])C(F)(F)F. The number of aromatic nitrogens is 1. The molecular weight excluding hydrogens is 379 g/mol. The van der Waals surface area contributed by atoms with Gasteiger partial charge in [-0.25, -0.2) is 8.42 Å². The van der Waals surface area contributed by atoms with Gasteiger partial charge in [-0.3, -0.25) is 0 Å². The first-order chi connectivity index (χ1) is 12.2. The quantitative estimate of drug-likeness (QED) is 0.427. The van der Waals surface area contributed by atoms with Crippen LogP contribution in [-0.2, 0) is 10.1 Å². The molecule has 4 nitrogen and oxygen atoms in total. The molecule has 0 saturated heterocycles. The van der Waals surface area contributed by atoms with Gasteiger partial charge in [0.2, 0.25) is 0 Å². The molecule has 2 rings (SSSR count). The molecule has 1 heterocycles. The van der Waals surface area contributed by atoms with E-state index in [1.165, 1.54) is 16.8 Å². The summed E-state index contributed by atoms with van der Waals surface area (Å²) < 4.78 is 61.3. The minimum absolute atomic E-state index is 0.171. The predicted molar refractivity (Wildman–Crippen MR) is 95.9 cm³/mol. The highest BCUT2D eigenvalue weighted by molar-refractivity contribution is 7.86. The monoisotopic (exact) mass is 403 g/mol. The molecule has 0 saturated carbocycles. The van der Waals surface area contributed by atoms with E-state index < -0.39 is 15.6 Å². The third-order valence-electron chi connectivity index (χ3n) is 4.05. The van der Waals surface area contributed by atoms with Gasteiger partial charge in [0.05, 0.1) is 0 Å². The molecule has 0 aliphatic heterocycles. The summed E-state index contributed by atoms with van der Waals surface area (Å²) in [6.45, 7) is 11.3. The molecule has 27 heavy (non-hydrogen) atoms. The number of halogens is 3. The zero-order chi connectivity index (χ0) is 21.0. The van der Waals surface area contributed by atoms with Crippen molar-refractivity contribution in [3.63, 3.8) is 0 Å². The second-order valence-corrected chi connectivity index (χ2v) is 8.63. The molecule has 0 N–H and O–H groups in total. The Bertz CT molecular complexity index is 858. The van der Waals surface area contributed by atoms with Crippen molar-refractivity contribution in [2.24, 2.45) is 5.41 Å². The van der Waals surface area contributed by atoms with Crippen LogP contribution in [0.25, 0.3) is 0 Å². The van der Waals surface area contributed by atoms with Crippen LogP contribution in [0.3, 0.4) is 0 Å². The molecule has 0 bridgehead atoms. The third kappa shape index (κ3) is 6.32. The number of rotatable bonds is 2. The lowest BCUT2D eigenvalue weighted by atomic mass is 9.81. The Hall–Kier alpha value is -1.93. The third-order valence-corrected chi connectivity index (χ3v) is 4.62. The number of aryl methyl sites for hydroxylation is 1. The lowest BCUT2D eigenvalue weighted by molar-refractivity contribution is -0.731. The highest BCUT2D eigenvalue weighted by Crippen LogP contribution is 2.32. The Balaban J connectivity index is 0.000000387. The van der Waals surface area contributed by atoms with E-state index in [1.54, 1.807) is 0 Å². The van der Waals surface area contributed by atoms with Gasteiger partial charge in [-0.2, -0.15) is 17.7 Å². The van der Waals surface area contributed by atoms with Crippen molar-refractivity contribution in [2.75, 3.05) is 0 Å². The first-order valence-corrected chi connectivity index (χ1v) is 9.61. The smallest absolute Gasteiger partial charge is 0.485 e. The van der Waals surface area contributed by atoms with Gasteiger partial charge >= 0.3 is 5.51 Å². The number of benzene rings is 1.